The van der Waals surface area contributed by atoms with E-state index in [0.29, 0.717) is 17.8 Å². The lowest BCUT2D eigenvalue weighted by molar-refractivity contribution is 0.209. The smallest absolute Gasteiger partial charge is 0.184 e. The van der Waals surface area contributed by atoms with Crippen LogP contribution in [0.25, 0.3) is 0 Å². The van der Waals surface area contributed by atoms with Crippen LogP contribution in [-0.4, -0.2) is 25.9 Å². The van der Waals surface area contributed by atoms with Crippen molar-refractivity contribution in [2.75, 3.05) is 0 Å². The number of aryl methyl sites for hydroxylation is 1. The number of rotatable bonds is 4. The Kier molecular flexibility index (Phi) is 3.88. The summed E-state index contributed by atoms with van der Waals surface area (Å²) in [7, 11) is 0. The molecular weight excluding hydrogens is 290 g/mol. The second-order valence-corrected chi connectivity index (χ2v) is 6.42. The van der Waals surface area contributed by atoms with Gasteiger partial charge in [0.15, 0.2) is 5.82 Å². The highest BCUT2D eigenvalue weighted by atomic mass is 16.3. The van der Waals surface area contributed by atoms with Gasteiger partial charge in [0.1, 0.15) is 11.9 Å². The van der Waals surface area contributed by atoms with Gasteiger partial charge >= 0.3 is 0 Å². The molecule has 2 heterocycles. The molecule has 1 aromatic heterocycles. The molecule has 1 saturated heterocycles. The van der Waals surface area contributed by atoms with Crippen LogP contribution in [0, 0.1) is 5.92 Å². The van der Waals surface area contributed by atoms with Crippen LogP contribution in [-0.2, 0) is 6.54 Å². The summed E-state index contributed by atoms with van der Waals surface area (Å²) in [5, 5.41) is 15.1. The van der Waals surface area contributed by atoms with Gasteiger partial charge in [0.25, 0.3) is 0 Å². The number of nitrogens with one attached hydrogen (secondary N) is 2. The first-order valence-electron chi connectivity index (χ1n) is 8.46. The SMILES string of the molecule is CCn1nc(C(O)c2ccccc2)nc1C1NNC2CCCC21. The standard InChI is InChI=1S/C17H23N5O/c1-2-22-17(14-12-9-6-10-13(12)19-20-14)18-16(21-22)15(23)11-7-4-3-5-8-11/h3-5,7-8,12-15,19-20,23H,2,6,9-10H2,1H3. The van der Waals surface area contributed by atoms with Crippen molar-refractivity contribution in [1.29, 1.82) is 0 Å². The van der Waals surface area contributed by atoms with E-state index in [2.05, 4.69) is 22.9 Å². The Morgan fingerprint density at radius 3 is 2.87 bits per heavy atom. The van der Waals surface area contributed by atoms with E-state index in [1.54, 1.807) is 0 Å². The number of fused-ring (bicyclic) bond motifs is 1. The van der Waals surface area contributed by atoms with E-state index in [-0.39, 0.29) is 6.04 Å². The molecule has 1 aromatic carbocycles. The van der Waals surface area contributed by atoms with Gasteiger partial charge in [-0.3, -0.25) is 5.43 Å². The quantitative estimate of drug-likeness (QED) is 0.801. The van der Waals surface area contributed by atoms with Gasteiger partial charge in [-0.15, -0.1) is 0 Å². The lowest BCUT2D eigenvalue weighted by atomic mass is 9.97. The second-order valence-electron chi connectivity index (χ2n) is 6.42. The minimum Gasteiger partial charge on any atom is -0.380 e. The molecule has 4 rings (SSSR count). The van der Waals surface area contributed by atoms with Gasteiger partial charge in [0.2, 0.25) is 0 Å². The Balaban J connectivity index is 1.65. The van der Waals surface area contributed by atoms with Crippen LogP contribution >= 0.6 is 0 Å². The molecule has 4 atom stereocenters. The molecule has 2 aromatic rings. The Labute approximate surface area is 135 Å². The van der Waals surface area contributed by atoms with E-state index in [1.807, 2.05) is 35.0 Å². The molecule has 23 heavy (non-hydrogen) atoms. The highest BCUT2D eigenvalue weighted by Gasteiger charge is 2.42. The number of hydrogen-bond acceptors (Lipinski definition) is 5. The number of aromatic nitrogens is 3. The van der Waals surface area contributed by atoms with Gasteiger partial charge in [0, 0.05) is 12.6 Å². The van der Waals surface area contributed by atoms with Crippen LogP contribution in [0.2, 0.25) is 0 Å². The number of aliphatic hydroxyl groups is 1. The number of benzene rings is 1. The van der Waals surface area contributed by atoms with E-state index in [1.165, 1.54) is 19.3 Å². The Morgan fingerprint density at radius 2 is 2.09 bits per heavy atom. The van der Waals surface area contributed by atoms with Gasteiger partial charge in [-0.25, -0.2) is 15.1 Å². The molecule has 0 amide bonds. The minimum absolute atomic E-state index is 0.173. The van der Waals surface area contributed by atoms with E-state index < -0.39 is 6.10 Å². The van der Waals surface area contributed by atoms with Crippen molar-refractivity contribution in [3.05, 3.63) is 47.5 Å². The molecule has 1 aliphatic carbocycles. The molecule has 0 bridgehead atoms. The summed E-state index contributed by atoms with van der Waals surface area (Å²) in [5.74, 6) is 1.97. The zero-order valence-electron chi connectivity index (χ0n) is 13.3. The molecular formula is C17H23N5O. The van der Waals surface area contributed by atoms with Crippen LogP contribution in [0.1, 0.15) is 55.5 Å². The maximum absolute atomic E-state index is 10.6. The number of hydrazine groups is 1. The summed E-state index contributed by atoms with van der Waals surface area (Å²) in [6.45, 7) is 2.81. The highest BCUT2D eigenvalue weighted by Crippen LogP contribution is 2.38. The van der Waals surface area contributed by atoms with Crippen molar-refractivity contribution in [2.45, 2.75) is 50.9 Å². The molecule has 0 spiro atoms. The van der Waals surface area contributed by atoms with E-state index in [9.17, 15) is 5.11 Å². The predicted octanol–water partition coefficient (Wildman–Crippen LogP) is 1.70. The van der Waals surface area contributed by atoms with Crippen molar-refractivity contribution in [1.82, 2.24) is 25.6 Å². The van der Waals surface area contributed by atoms with Crippen molar-refractivity contribution in [3.8, 4) is 0 Å². The first-order chi connectivity index (χ1) is 11.3. The zero-order valence-corrected chi connectivity index (χ0v) is 13.3. The lowest BCUT2D eigenvalue weighted by Crippen LogP contribution is -2.31. The molecule has 1 aliphatic heterocycles. The first kappa shape index (κ1) is 14.8. The average Bonchev–Trinajstić information content (AvgIpc) is 3.29. The van der Waals surface area contributed by atoms with Gasteiger partial charge in [-0.05, 0) is 31.2 Å². The molecule has 2 aliphatic rings. The summed E-state index contributed by atoms with van der Waals surface area (Å²) in [5.41, 5.74) is 7.60. The van der Waals surface area contributed by atoms with E-state index in [0.717, 1.165) is 17.9 Å². The Bertz CT molecular complexity index is 671. The summed E-state index contributed by atoms with van der Waals surface area (Å²) in [4.78, 5) is 4.70. The van der Waals surface area contributed by atoms with Crippen molar-refractivity contribution in [2.24, 2.45) is 5.92 Å². The fourth-order valence-corrected chi connectivity index (χ4v) is 3.86. The minimum atomic E-state index is -0.781. The Hall–Kier alpha value is -1.76. The van der Waals surface area contributed by atoms with E-state index in [4.69, 9.17) is 4.98 Å². The average molecular weight is 313 g/mol. The third-order valence-electron chi connectivity index (χ3n) is 5.08. The molecule has 4 unspecified atom stereocenters. The van der Waals surface area contributed by atoms with Crippen LogP contribution < -0.4 is 10.9 Å². The summed E-state index contributed by atoms with van der Waals surface area (Å²) >= 11 is 0. The molecule has 6 nitrogen and oxygen atoms in total. The van der Waals surface area contributed by atoms with Gasteiger partial charge < -0.3 is 5.11 Å². The van der Waals surface area contributed by atoms with Crippen LogP contribution in [0.4, 0.5) is 0 Å². The van der Waals surface area contributed by atoms with Gasteiger partial charge in [0.05, 0.1) is 6.04 Å². The number of aliphatic hydroxyl groups excluding tert-OH is 1. The highest BCUT2D eigenvalue weighted by molar-refractivity contribution is 5.23. The molecule has 0 radical (unpaired) electrons. The second kappa shape index (κ2) is 6.03. The topological polar surface area (TPSA) is 75.0 Å². The summed E-state index contributed by atoms with van der Waals surface area (Å²) < 4.78 is 1.92. The van der Waals surface area contributed by atoms with Crippen LogP contribution in [0.3, 0.4) is 0 Å². The largest absolute Gasteiger partial charge is 0.380 e. The summed E-state index contributed by atoms with van der Waals surface area (Å²) in [6.07, 6.45) is 2.91. The zero-order chi connectivity index (χ0) is 15.8. The third kappa shape index (κ3) is 2.56. The normalized spacial score (nSPS) is 28.0. The van der Waals surface area contributed by atoms with Crippen molar-refractivity contribution < 1.29 is 5.11 Å². The molecule has 3 N–H and O–H groups in total. The molecule has 2 fully saturated rings. The Morgan fingerprint density at radius 1 is 1.26 bits per heavy atom. The van der Waals surface area contributed by atoms with Gasteiger partial charge in [-0.1, -0.05) is 36.8 Å². The van der Waals surface area contributed by atoms with Crippen molar-refractivity contribution >= 4 is 0 Å². The summed E-state index contributed by atoms with van der Waals surface area (Å²) in [6, 6.07) is 10.3. The molecule has 6 heteroatoms. The monoisotopic (exact) mass is 313 g/mol. The fraction of sp³-hybridized carbons (Fsp3) is 0.529. The van der Waals surface area contributed by atoms with Gasteiger partial charge in [-0.2, -0.15) is 5.10 Å². The third-order valence-corrected chi connectivity index (χ3v) is 5.08. The number of hydrogen-bond donors (Lipinski definition) is 3. The lowest BCUT2D eigenvalue weighted by Gasteiger charge is -2.16. The number of nitrogens with zero attached hydrogens (tertiary/aromatic N) is 3. The van der Waals surface area contributed by atoms with E-state index >= 15 is 0 Å². The van der Waals surface area contributed by atoms with Crippen LogP contribution in [0.15, 0.2) is 30.3 Å². The maximum Gasteiger partial charge on any atom is 0.184 e. The fourth-order valence-electron chi connectivity index (χ4n) is 3.86. The first-order valence-corrected chi connectivity index (χ1v) is 8.46. The van der Waals surface area contributed by atoms with Crippen molar-refractivity contribution in [3.63, 3.8) is 0 Å². The maximum atomic E-state index is 10.6. The van der Waals surface area contributed by atoms with Crippen LogP contribution in [0.5, 0.6) is 0 Å². The molecule has 1 saturated carbocycles. The predicted molar refractivity (Wildman–Crippen MR) is 86.3 cm³/mol. The molecule has 122 valence electrons.